The van der Waals surface area contributed by atoms with Crippen molar-refractivity contribution in [3.05, 3.63) is 88.6 Å². The van der Waals surface area contributed by atoms with Gasteiger partial charge in [-0.2, -0.15) is 4.31 Å². The Morgan fingerprint density at radius 1 is 1.10 bits per heavy atom. The molecule has 0 bridgehead atoms. The predicted octanol–water partition coefficient (Wildman–Crippen LogP) is 3.66. The number of hydrogen-bond donors (Lipinski definition) is 0. The number of amides is 1. The van der Waals surface area contributed by atoms with Gasteiger partial charge in [0.2, 0.25) is 5.91 Å². The monoisotopic (exact) mass is 444 g/mol. The molecule has 1 amide bonds. The van der Waals surface area contributed by atoms with Crippen molar-refractivity contribution < 1.29 is 17.6 Å². The van der Waals surface area contributed by atoms with Gasteiger partial charge in [0.05, 0.1) is 0 Å². The van der Waals surface area contributed by atoms with Crippen molar-refractivity contribution in [3.8, 4) is 0 Å². The van der Waals surface area contributed by atoms with E-state index in [-0.39, 0.29) is 29.0 Å². The third kappa shape index (κ3) is 4.03. The molecule has 0 saturated heterocycles. The first-order valence-electron chi connectivity index (χ1n) is 9.48. The van der Waals surface area contributed by atoms with E-state index in [1.54, 1.807) is 36.7 Å². The molecule has 0 aliphatic carbocycles. The molecular weight excluding hydrogens is 423 g/mol. The van der Waals surface area contributed by atoms with Gasteiger partial charge in [-0.1, -0.05) is 42.5 Å². The molecule has 2 aromatic carbocycles. The number of carbonyl (C=O) groups excluding carboxylic acids is 1. The quantitative estimate of drug-likeness (QED) is 0.604. The smallest absolute Gasteiger partial charge is 0.253 e. The van der Waals surface area contributed by atoms with Crippen molar-refractivity contribution >= 4 is 27.3 Å². The second kappa shape index (κ2) is 8.29. The first kappa shape index (κ1) is 20.7. The van der Waals surface area contributed by atoms with Gasteiger partial charge in [0, 0.05) is 20.1 Å². The zero-order valence-electron chi connectivity index (χ0n) is 16.4. The molecule has 3 aromatic rings. The Morgan fingerprint density at radius 2 is 1.80 bits per heavy atom. The number of halogens is 1. The molecule has 0 spiro atoms. The maximum absolute atomic E-state index is 13.4. The van der Waals surface area contributed by atoms with Crippen LogP contribution in [0.1, 0.15) is 16.7 Å². The van der Waals surface area contributed by atoms with Crippen LogP contribution in [0.3, 0.4) is 0 Å². The highest BCUT2D eigenvalue weighted by Crippen LogP contribution is 2.31. The average molecular weight is 445 g/mol. The Labute approximate surface area is 179 Å². The van der Waals surface area contributed by atoms with E-state index < -0.39 is 16.1 Å². The molecule has 1 aliphatic heterocycles. The van der Waals surface area contributed by atoms with Gasteiger partial charge in [0.25, 0.3) is 10.0 Å². The van der Waals surface area contributed by atoms with Crippen LogP contribution in [-0.2, 0) is 34.3 Å². The first-order valence-corrected chi connectivity index (χ1v) is 11.8. The van der Waals surface area contributed by atoms with Crippen LogP contribution >= 0.6 is 11.3 Å². The maximum atomic E-state index is 13.4. The third-order valence-electron chi connectivity index (χ3n) is 5.26. The molecule has 1 atom stereocenters. The van der Waals surface area contributed by atoms with E-state index in [0.717, 1.165) is 28.0 Å². The minimum atomic E-state index is -3.81. The van der Waals surface area contributed by atoms with Gasteiger partial charge in [-0.15, -0.1) is 11.3 Å². The Morgan fingerprint density at radius 3 is 2.47 bits per heavy atom. The zero-order chi connectivity index (χ0) is 21.3. The average Bonchev–Trinajstić information content (AvgIpc) is 3.30. The first-order chi connectivity index (χ1) is 14.4. The molecular formula is C22H21FN2O3S2. The van der Waals surface area contributed by atoms with Crippen LogP contribution in [0.15, 0.2) is 70.3 Å². The van der Waals surface area contributed by atoms with E-state index in [4.69, 9.17) is 0 Å². The van der Waals surface area contributed by atoms with Crippen molar-refractivity contribution in [1.82, 2.24) is 9.21 Å². The highest BCUT2D eigenvalue weighted by molar-refractivity contribution is 7.91. The lowest BCUT2D eigenvalue weighted by molar-refractivity contribution is -0.135. The minimum absolute atomic E-state index is 0.150. The lowest BCUT2D eigenvalue weighted by Gasteiger charge is -2.36. The summed E-state index contributed by atoms with van der Waals surface area (Å²) in [7, 11) is -2.17. The summed E-state index contributed by atoms with van der Waals surface area (Å²) < 4.78 is 41.3. The molecule has 1 unspecified atom stereocenters. The SMILES string of the molecule is CN(Cc1ccc(F)cc1)C(=O)C1Cc2ccccc2CN1S(=O)(=O)c1cccs1. The summed E-state index contributed by atoms with van der Waals surface area (Å²) >= 11 is 1.14. The number of carbonyl (C=O) groups is 1. The van der Waals surface area contributed by atoms with E-state index in [0.29, 0.717) is 6.42 Å². The van der Waals surface area contributed by atoms with Gasteiger partial charge in [-0.25, -0.2) is 12.8 Å². The number of hydrogen-bond acceptors (Lipinski definition) is 4. The summed E-state index contributed by atoms with van der Waals surface area (Å²) in [6.07, 6.45) is 0.313. The van der Waals surface area contributed by atoms with E-state index in [2.05, 4.69) is 0 Å². The summed E-state index contributed by atoms with van der Waals surface area (Å²) in [5.74, 6) is -0.626. The minimum Gasteiger partial charge on any atom is -0.340 e. The molecule has 0 N–H and O–H groups in total. The van der Waals surface area contributed by atoms with Gasteiger partial charge in [-0.05, 0) is 46.7 Å². The Hall–Kier alpha value is -2.55. The van der Waals surface area contributed by atoms with E-state index in [9.17, 15) is 17.6 Å². The summed E-state index contributed by atoms with van der Waals surface area (Å²) in [6, 6.07) is 15.9. The summed E-state index contributed by atoms with van der Waals surface area (Å²) in [5.41, 5.74) is 2.66. The van der Waals surface area contributed by atoms with Crippen LogP contribution in [0.5, 0.6) is 0 Å². The molecule has 8 heteroatoms. The van der Waals surface area contributed by atoms with Crippen LogP contribution < -0.4 is 0 Å². The molecule has 4 rings (SSSR count). The van der Waals surface area contributed by atoms with Crippen molar-refractivity contribution in [3.63, 3.8) is 0 Å². The zero-order valence-corrected chi connectivity index (χ0v) is 18.0. The summed E-state index contributed by atoms with van der Waals surface area (Å²) in [5, 5.41) is 1.71. The number of nitrogens with zero attached hydrogens (tertiary/aromatic N) is 2. The van der Waals surface area contributed by atoms with Crippen LogP contribution in [0.4, 0.5) is 4.39 Å². The van der Waals surface area contributed by atoms with Crippen molar-refractivity contribution in [2.45, 2.75) is 29.8 Å². The van der Waals surface area contributed by atoms with Crippen molar-refractivity contribution in [2.24, 2.45) is 0 Å². The van der Waals surface area contributed by atoms with E-state index in [1.807, 2.05) is 24.3 Å². The van der Waals surface area contributed by atoms with Gasteiger partial charge in [0.1, 0.15) is 16.1 Å². The van der Waals surface area contributed by atoms with Crippen molar-refractivity contribution in [1.29, 1.82) is 0 Å². The van der Waals surface area contributed by atoms with Gasteiger partial charge < -0.3 is 4.90 Å². The molecule has 0 fully saturated rings. The van der Waals surface area contributed by atoms with Crippen LogP contribution in [-0.4, -0.2) is 36.6 Å². The number of rotatable bonds is 5. The number of fused-ring (bicyclic) bond motifs is 1. The largest absolute Gasteiger partial charge is 0.340 e. The van der Waals surface area contributed by atoms with Crippen LogP contribution in [0.25, 0.3) is 0 Å². The fourth-order valence-corrected chi connectivity index (χ4v) is 6.36. The van der Waals surface area contributed by atoms with E-state index >= 15 is 0 Å². The summed E-state index contributed by atoms with van der Waals surface area (Å²) in [4.78, 5) is 14.9. The second-order valence-electron chi connectivity index (χ2n) is 7.29. The lowest BCUT2D eigenvalue weighted by Crippen LogP contribution is -2.52. The Bertz CT molecular complexity index is 1150. The maximum Gasteiger partial charge on any atom is 0.253 e. The van der Waals surface area contributed by atoms with Crippen LogP contribution in [0.2, 0.25) is 0 Å². The fourth-order valence-electron chi connectivity index (χ4n) is 3.68. The molecule has 5 nitrogen and oxygen atoms in total. The predicted molar refractivity (Wildman–Crippen MR) is 114 cm³/mol. The van der Waals surface area contributed by atoms with E-state index in [1.165, 1.54) is 21.3 Å². The normalized spacial score (nSPS) is 16.8. The topological polar surface area (TPSA) is 57.7 Å². The van der Waals surface area contributed by atoms with Crippen LogP contribution in [0, 0.1) is 5.82 Å². The Balaban J connectivity index is 1.65. The Kier molecular flexibility index (Phi) is 5.73. The number of likely N-dealkylation sites (N-methyl/N-ethyl adjacent to an activating group) is 1. The van der Waals surface area contributed by atoms with Gasteiger partial charge >= 0.3 is 0 Å². The van der Waals surface area contributed by atoms with Gasteiger partial charge in [-0.3, -0.25) is 4.79 Å². The van der Waals surface area contributed by atoms with Gasteiger partial charge in [0.15, 0.2) is 0 Å². The third-order valence-corrected chi connectivity index (χ3v) is 8.49. The molecule has 0 saturated carbocycles. The number of sulfonamides is 1. The lowest BCUT2D eigenvalue weighted by atomic mass is 9.95. The highest BCUT2D eigenvalue weighted by Gasteiger charge is 2.41. The second-order valence-corrected chi connectivity index (χ2v) is 10.4. The molecule has 1 aromatic heterocycles. The number of thiophene rings is 1. The number of benzene rings is 2. The molecule has 0 radical (unpaired) electrons. The molecule has 2 heterocycles. The van der Waals surface area contributed by atoms with Crippen molar-refractivity contribution in [2.75, 3.05) is 7.05 Å². The fraction of sp³-hybridized carbons (Fsp3) is 0.227. The standard InChI is InChI=1S/C22H21FN2O3S2/c1-24(14-16-8-10-19(23)11-9-16)22(26)20-13-17-5-2-3-6-18(17)15-25(20)30(27,28)21-7-4-12-29-21/h2-12,20H,13-15H2,1H3. The highest BCUT2D eigenvalue weighted by atomic mass is 32.2. The summed E-state index contributed by atoms with van der Waals surface area (Å²) in [6.45, 7) is 0.418. The molecule has 1 aliphatic rings. The molecule has 30 heavy (non-hydrogen) atoms. The molecule has 156 valence electrons.